The summed E-state index contributed by atoms with van der Waals surface area (Å²) < 4.78 is 1.89. The maximum absolute atomic E-state index is 12.8. The molecule has 1 fully saturated rings. The van der Waals surface area contributed by atoms with Crippen molar-refractivity contribution in [2.24, 2.45) is 0 Å². The molecule has 0 bridgehead atoms. The van der Waals surface area contributed by atoms with Gasteiger partial charge in [0.05, 0.1) is 11.4 Å². The topological polar surface area (TPSA) is 51.0 Å². The molecule has 1 aromatic carbocycles. The molecule has 27 heavy (non-hydrogen) atoms. The molecular weight excluding hydrogens is 356 g/mol. The third kappa shape index (κ3) is 3.41. The largest absolute Gasteiger partial charge is 0.338 e. The van der Waals surface area contributed by atoms with Crippen LogP contribution in [-0.2, 0) is 6.42 Å². The Hall–Kier alpha value is -2.47. The molecule has 0 unspecified atom stereocenters. The third-order valence-corrected chi connectivity index (χ3v) is 6.34. The second kappa shape index (κ2) is 7.27. The van der Waals surface area contributed by atoms with Crippen LogP contribution in [0.15, 0.2) is 30.3 Å². The minimum Gasteiger partial charge on any atom is -0.338 e. The highest BCUT2D eigenvalue weighted by Gasteiger charge is 2.25. The number of nitrogens with zero attached hydrogens (tertiary/aromatic N) is 4. The van der Waals surface area contributed by atoms with Crippen molar-refractivity contribution in [3.63, 3.8) is 0 Å². The smallest absolute Gasteiger partial charge is 0.265 e. The number of amides is 1. The van der Waals surface area contributed by atoms with E-state index in [1.807, 2.05) is 29.5 Å². The maximum Gasteiger partial charge on any atom is 0.265 e. The van der Waals surface area contributed by atoms with Gasteiger partial charge in [0.2, 0.25) is 5.13 Å². The number of rotatable bonds is 4. The molecule has 4 rings (SSSR count). The van der Waals surface area contributed by atoms with Gasteiger partial charge in [-0.3, -0.25) is 4.79 Å². The summed E-state index contributed by atoms with van der Waals surface area (Å²) in [7, 11) is 0. The van der Waals surface area contributed by atoms with E-state index >= 15 is 0 Å². The Bertz CT molecular complexity index is 968. The SMILES string of the molecule is Cc1nc(-n2nc(C)c(Cc3ccccc3)c2C)sc1C(=O)N1CCCC1. The molecule has 1 saturated heterocycles. The maximum atomic E-state index is 12.8. The highest BCUT2D eigenvalue weighted by Crippen LogP contribution is 2.27. The van der Waals surface area contributed by atoms with Gasteiger partial charge in [-0.15, -0.1) is 0 Å². The van der Waals surface area contributed by atoms with Crippen LogP contribution in [0, 0.1) is 20.8 Å². The molecule has 0 saturated carbocycles. The Balaban J connectivity index is 1.65. The van der Waals surface area contributed by atoms with Crippen molar-refractivity contribution in [1.82, 2.24) is 19.7 Å². The van der Waals surface area contributed by atoms with Crippen molar-refractivity contribution in [3.8, 4) is 5.13 Å². The summed E-state index contributed by atoms with van der Waals surface area (Å²) >= 11 is 1.45. The molecule has 5 nitrogen and oxygen atoms in total. The molecule has 0 spiro atoms. The predicted molar refractivity (Wildman–Crippen MR) is 108 cm³/mol. The number of carbonyl (C=O) groups excluding carboxylic acids is 1. The fourth-order valence-electron chi connectivity index (χ4n) is 3.65. The van der Waals surface area contributed by atoms with E-state index in [4.69, 9.17) is 5.10 Å². The minimum atomic E-state index is 0.111. The molecule has 0 aliphatic carbocycles. The van der Waals surface area contributed by atoms with Crippen molar-refractivity contribution in [1.29, 1.82) is 0 Å². The summed E-state index contributed by atoms with van der Waals surface area (Å²) in [6, 6.07) is 10.4. The lowest BCUT2D eigenvalue weighted by Gasteiger charge is -2.13. The molecule has 1 aliphatic rings. The Kier molecular flexibility index (Phi) is 4.83. The summed E-state index contributed by atoms with van der Waals surface area (Å²) in [4.78, 5) is 20.1. The van der Waals surface area contributed by atoms with E-state index in [0.29, 0.717) is 0 Å². The van der Waals surface area contributed by atoms with E-state index < -0.39 is 0 Å². The van der Waals surface area contributed by atoms with E-state index in [1.54, 1.807) is 0 Å². The molecule has 2 aromatic heterocycles. The fourth-order valence-corrected chi connectivity index (χ4v) is 4.69. The van der Waals surface area contributed by atoms with Crippen LogP contribution in [0.2, 0.25) is 0 Å². The molecule has 1 aliphatic heterocycles. The summed E-state index contributed by atoms with van der Waals surface area (Å²) in [5.41, 5.74) is 5.39. The van der Waals surface area contributed by atoms with Gasteiger partial charge in [0, 0.05) is 30.8 Å². The van der Waals surface area contributed by atoms with Gasteiger partial charge >= 0.3 is 0 Å². The van der Waals surface area contributed by atoms with Gasteiger partial charge in [-0.1, -0.05) is 41.7 Å². The van der Waals surface area contributed by atoms with Gasteiger partial charge in [-0.05, 0) is 39.2 Å². The van der Waals surface area contributed by atoms with Crippen LogP contribution >= 0.6 is 11.3 Å². The van der Waals surface area contributed by atoms with Crippen molar-refractivity contribution >= 4 is 17.2 Å². The van der Waals surface area contributed by atoms with E-state index in [-0.39, 0.29) is 5.91 Å². The quantitative estimate of drug-likeness (QED) is 0.685. The monoisotopic (exact) mass is 380 g/mol. The predicted octanol–water partition coefficient (Wildman–Crippen LogP) is 4.08. The highest BCUT2D eigenvalue weighted by atomic mass is 32.1. The third-order valence-electron chi connectivity index (χ3n) is 5.22. The van der Waals surface area contributed by atoms with Crippen LogP contribution in [-0.4, -0.2) is 38.7 Å². The summed E-state index contributed by atoms with van der Waals surface area (Å²) in [5.74, 6) is 0.111. The van der Waals surface area contributed by atoms with Gasteiger partial charge < -0.3 is 4.90 Å². The molecular formula is C21H24N4OS. The van der Waals surface area contributed by atoms with Crippen LogP contribution in [0.3, 0.4) is 0 Å². The number of hydrogen-bond acceptors (Lipinski definition) is 4. The second-order valence-corrected chi connectivity index (χ2v) is 8.11. The normalized spacial score (nSPS) is 14.1. The summed E-state index contributed by atoms with van der Waals surface area (Å²) in [6.07, 6.45) is 3.04. The zero-order valence-electron chi connectivity index (χ0n) is 16.0. The summed E-state index contributed by atoms with van der Waals surface area (Å²) in [6.45, 7) is 7.74. The lowest BCUT2D eigenvalue weighted by Crippen LogP contribution is -2.27. The van der Waals surface area contributed by atoms with Crippen LogP contribution in [0.1, 0.15) is 50.7 Å². The van der Waals surface area contributed by atoms with Crippen LogP contribution in [0.25, 0.3) is 5.13 Å². The minimum absolute atomic E-state index is 0.111. The molecule has 0 atom stereocenters. The average Bonchev–Trinajstić information content (AvgIpc) is 3.38. The van der Waals surface area contributed by atoms with E-state index in [2.05, 4.69) is 36.2 Å². The molecule has 6 heteroatoms. The van der Waals surface area contributed by atoms with Crippen LogP contribution in [0.5, 0.6) is 0 Å². The highest BCUT2D eigenvalue weighted by molar-refractivity contribution is 7.16. The first-order valence-corrected chi connectivity index (χ1v) is 10.2. The number of carbonyl (C=O) groups is 1. The average molecular weight is 381 g/mol. The Morgan fingerprint density at radius 2 is 1.78 bits per heavy atom. The fraction of sp³-hybridized carbons (Fsp3) is 0.381. The van der Waals surface area contributed by atoms with Crippen molar-refractivity contribution in [2.45, 2.75) is 40.0 Å². The lowest BCUT2D eigenvalue weighted by molar-refractivity contribution is 0.0796. The number of aryl methyl sites for hydroxylation is 2. The first kappa shape index (κ1) is 17.9. The summed E-state index contributed by atoms with van der Waals surface area (Å²) in [5, 5.41) is 5.50. The molecule has 0 N–H and O–H groups in total. The molecule has 140 valence electrons. The number of hydrogen-bond donors (Lipinski definition) is 0. The molecule has 3 heterocycles. The Morgan fingerprint density at radius 3 is 2.48 bits per heavy atom. The number of likely N-dealkylation sites (tertiary alicyclic amines) is 1. The zero-order valence-corrected chi connectivity index (χ0v) is 16.8. The van der Waals surface area contributed by atoms with Crippen LogP contribution in [0.4, 0.5) is 0 Å². The Labute approximate surface area is 163 Å². The number of benzene rings is 1. The van der Waals surface area contributed by atoms with Crippen LogP contribution < -0.4 is 0 Å². The molecule has 3 aromatic rings. The standard InChI is InChI=1S/C21H24N4OS/c1-14-18(13-17-9-5-4-6-10-17)16(3)25(23-14)21-22-15(2)19(27-21)20(26)24-11-7-8-12-24/h4-6,9-10H,7-8,11-13H2,1-3H3. The second-order valence-electron chi connectivity index (χ2n) is 7.13. The first-order chi connectivity index (χ1) is 13.0. The van der Waals surface area contributed by atoms with Gasteiger partial charge in [0.15, 0.2) is 0 Å². The molecule has 0 radical (unpaired) electrons. The van der Waals surface area contributed by atoms with Gasteiger partial charge in [-0.2, -0.15) is 5.10 Å². The number of aromatic nitrogens is 3. The van der Waals surface area contributed by atoms with Crippen molar-refractivity contribution in [2.75, 3.05) is 13.1 Å². The first-order valence-electron chi connectivity index (χ1n) is 9.40. The van der Waals surface area contributed by atoms with E-state index in [9.17, 15) is 4.79 Å². The van der Waals surface area contributed by atoms with Gasteiger partial charge in [0.25, 0.3) is 5.91 Å². The molecule has 1 amide bonds. The lowest BCUT2D eigenvalue weighted by atomic mass is 10.0. The van der Waals surface area contributed by atoms with Crippen molar-refractivity contribution in [3.05, 3.63) is 63.4 Å². The zero-order chi connectivity index (χ0) is 19.0. The van der Waals surface area contributed by atoms with E-state index in [1.165, 1.54) is 22.5 Å². The Morgan fingerprint density at radius 1 is 1.07 bits per heavy atom. The number of thiazole rings is 1. The van der Waals surface area contributed by atoms with Gasteiger partial charge in [-0.25, -0.2) is 9.67 Å². The van der Waals surface area contributed by atoms with Crippen molar-refractivity contribution < 1.29 is 4.79 Å². The van der Waals surface area contributed by atoms with Gasteiger partial charge in [0.1, 0.15) is 4.88 Å². The van der Waals surface area contributed by atoms with E-state index in [0.717, 1.165) is 59.4 Å².